The lowest BCUT2D eigenvalue weighted by atomic mass is 10.2. The van der Waals surface area contributed by atoms with Crippen molar-refractivity contribution in [2.24, 2.45) is 10.3 Å². The Hall–Kier alpha value is -1.64. The maximum Gasteiger partial charge on any atom is 0.0991 e. The summed E-state index contributed by atoms with van der Waals surface area (Å²) in [5.74, 6) is 0.487. The molecule has 0 aliphatic rings. The summed E-state index contributed by atoms with van der Waals surface area (Å²) in [6.07, 6.45) is 0. The molecule has 0 aromatic heterocycles. The number of nitriles is 1. The fourth-order valence-corrected chi connectivity index (χ4v) is 1.13. The van der Waals surface area contributed by atoms with Crippen LogP contribution in [0, 0.1) is 11.3 Å². The second kappa shape index (κ2) is 8.50. The predicted molar refractivity (Wildman–Crippen MR) is 66.0 cm³/mol. The summed E-state index contributed by atoms with van der Waals surface area (Å²) >= 11 is 5.43. The first kappa shape index (κ1) is 13.4. The molecule has 0 bridgehead atoms. The van der Waals surface area contributed by atoms with Gasteiger partial charge in [0.15, 0.2) is 0 Å². The Balaban J connectivity index is 2.21. The molecule has 0 aliphatic heterocycles. The summed E-state index contributed by atoms with van der Waals surface area (Å²) in [6, 6.07) is 8.99. The van der Waals surface area contributed by atoms with Gasteiger partial charge >= 0.3 is 0 Å². The van der Waals surface area contributed by atoms with Crippen molar-refractivity contribution in [1.82, 2.24) is 0 Å². The molecule has 1 aromatic carbocycles. The molecule has 0 spiro atoms. The minimum Gasteiger partial charge on any atom is -0.378 e. The van der Waals surface area contributed by atoms with E-state index in [0.717, 1.165) is 5.69 Å². The summed E-state index contributed by atoms with van der Waals surface area (Å²) in [7, 11) is 0. The zero-order valence-electron chi connectivity index (χ0n) is 9.27. The monoisotopic (exact) mass is 252 g/mol. The van der Waals surface area contributed by atoms with E-state index in [0.29, 0.717) is 31.2 Å². The van der Waals surface area contributed by atoms with Gasteiger partial charge in [-0.25, -0.2) is 0 Å². The van der Waals surface area contributed by atoms with E-state index >= 15 is 0 Å². The first-order valence-electron chi connectivity index (χ1n) is 5.13. The maximum atomic E-state index is 8.61. The minimum absolute atomic E-state index is 0.486. The van der Waals surface area contributed by atoms with E-state index in [1.165, 1.54) is 0 Å². The molecule has 1 N–H and O–H groups in total. The third kappa shape index (κ3) is 5.85. The van der Waals surface area contributed by atoms with Gasteiger partial charge in [-0.15, -0.1) is 11.6 Å². The van der Waals surface area contributed by atoms with Crippen molar-refractivity contribution in [2.75, 3.05) is 31.1 Å². The van der Waals surface area contributed by atoms with Crippen LogP contribution < -0.4 is 5.43 Å². The van der Waals surface area contributed by atoms with Crippen LogP contribution >= 0.6 is 11.6 Å². The van der Waals surface area contributed by atoms with Gasteiger partial charge in [-0.1, -0.05) is 5.22 Å². The van der Waals surface area contributed by atoms with Gasteiger partial charge in [-0.2, -0.15) is 10.4 Å². The molecule has 0 saturated carbocycles. The van der Waals surface area contributed by atoms with Crippen LogP contribution in [0.4, 0.5) is 5.69 Å². The van der Waals surface area contributed by atoms with E-state index in [2.05, 4.69) is 15.8 Å². The predicted octanol–water partition coefficient (Wildman–Crippen LogP) is 2.59. The SMILES string of the molecule is N#Cc1ccc(NN=NCCOCCCl)cc1. The number of nitrogens with zero attached hydrogens (tertiary/aromatic N) is 3. The number of hydrogen-bond donors (Lipinski definition) is 1. The van der Waals surface area contributed by atoms with Crippen molar-refractivity contribution >= 4 is 17.3 Å². The number of halogens is 1. The van der Waals surface area contributed by atoms with Gasteiger partial charge < -0.3 is 4.74 Å². The van der Waals surface area contributed by atoms with Gasteiger partial charge in [-0.05, 0) is 24.3 Å². The number of hydrogen-bond acceptors (Lipinski definition) is 4. The fraction of sp³-hybridized carbons (Fsp3) is 0.364. The average Bonchev–Trinajstić information content (AvgIpc) is 2.38. The second-order valence-corrected chi connectivity index (χ2v) is 3.45. The van der Waals surface area contributed by atoms with E-state index in [4.69, 9.17) is 21.6 Å². The minimum atomic E-state index is 0.486. The summed E-state index contributed by atoms with van der Waals surface area (Å²) in [5.41, 5.74) is 4.15. The summed E-state index contributed by atoms with van der Waals surface area (Å²) < 4.78 is 5.12. The topological polar surface area (TPSA) is 69.8 Å². The molecule has 0 fully saturated rings. The Morgan fingerprint density at radius 2 is 2.06 bits per heavy atom. The van der Waals surface area contributed by atoms with Gasteiger partial charge in [0.2, 0.25) is 0 Å². The first-order valence-corrected chi connectivity index (χ1v) is 5.66. The van der Waals surface area contributed by atoms with E-state index in [1.807, 2.05) is 6.07 Å². The number of alkyl halides is 1. The number of anilines is 1. The molecule has 0 aliphatic carbocycles. The maximum absolute atomic E-state index is 8.61. The Morgan fingerprint density at radius 1 is 1.29 bits per heavy atom. The quantitative estimate of drug-likeness (QED) is 0.351. The summed E-state index contributed by atoms with van der Waals surface area (Å²) in [5, 5.41) is 16.2. The normalized spacial score (nSPS) is 10.4. The van der Waals surface area contributed by atoms with Gasteiger partial charge in [0.1, 0.15) is 0 Å². The highest BCUT2D eigenvalue weighted by atomic mass is 35.5. The summed E-state index contributed by atoms with van der Waals surface area (Å²) in [6.45, 7) is 1.52. The van der Waals surface area contributed by atoms with E-state index in [-0.39, 0.29) is 0 Å². The van der Waals surface area contributed by atoms with Crippen LogP contribution in [0.2, 0.25) is 0 Å². The lowest BCUT2D eigenvalue weighted by Gasteiger charge is -1.99. The van der Waals surface area contributed by atoms with Crippen LogP contribution in [0.3, 0.4) is 0 Å². The van der Waals surface area contributed by atoms with E-state index < -0.39 is 0 Å². The van der Waals surface area contributed by atoms with Crippen LogP contribution in [-0.4, -0.2) is 25.6 Å². The molecule has 90 valence electrons. The van der Waals surface area contributed by atoms with Gasteiger partial charge in [0, 0.05) is 5.88 Å². The molecule has 0 unspecified atom stereocenters. The fourth-order valence-electron chi connectivity index (χ4n) is 1.02. The second-order valence-electron chi connectivity index (χ2n) is 3.07. The number of ether oxygens (including phenoxy) is 1. The van der Waals surface area contributed by atoms with E-state index in [9.17, 15) is 0 Å². The van der Waals surface area contributed by atoms with Crippen LogP contribution in [0.25, 0.3) is 0 Å². The molecular formula is C11H13ClN4O. The van der Waals surface area contributed by atoms with Crippen molar-refractivity contribution < 1.29 is 4.74 Å². The zero-order valence-corrected chi connectivity index (χ0v) is 10.0. The molecule has 0 atom stereocenters. The van der Waals surface area contributed by atoms with Crippen LogP contribution in [0.5, 0.6) is 0 Å². The Kier molecular flexibility index (Phi) is 6.72. The molecular weight excluding hydrogens is 240 g/mol. The molecule has 17 heavy (non-hydrogen) atoms. The number of benzene rings is 1. The lowest BCUT2D eigenvalue weighted by Crippen LogP contribution is -2.00. The molecule has 0 saturated heterocycles. The molecule has 0 amide bonds. The Morgan fingerprint density at radius 3 is 2.71 bits per heavy atom. The molecule has 6 heteroatoms. The summed E-state index contributed by atoms with van der Waals surface area (Å²) in [4.78, 5) is 0. The van der Waals surface area contributed by atoms with E-state index in [1.54, 1.807) is 24.3 Å². The Labute approximate surface area is 105 Å². The molecule has 5 nitrogen and oxygen atoms in total. The third-order valence-corrected chi connectivity index (χ3v) is 1.98. The molecule has 1 aromatic rings. The lowest BCUT2D eigenvalue weighted by molar-refractivity contribution is 0.156. The van der Waals surface area contributed by atoms with Gasteiger partial charge in [-0.3, -0.25) is 5.43 Å². The van der Waals surface area contributed by atoms with Gasteiger partial charge in [0.25, 0.3) is 0 Å². The smallest absolute Gasteiger partial charge is 0.0991 e. The van der Waals surface area contributed by atoms with Crippen LogP contribution in [0.1, 0.15) is 5.56 Å². The van der Waals surface area contributed by atoms with Crippen molar-refractivity contribution in [3.63, 3.8) is 0 Å². The van der Waals surface area contributed by atoms with Crippen molar-refractivity contribution in [3.05, 3.63) is 29.8 Å². The number of nitrogens with one attached hydrogen (secondary N) is 1. The first-order chi connectivity index (χ1) is 8.36. The molecule has 1 rings (SSSR count). The van der Waals surface area contributed by atoms with Crippen LogP contribution in [-0.2, 0) is 4.74 Å². The van der Waals surface area contributed by atoms with Crippen molar-refractivity contribution in [2.45, 2.75) is 0 Å². The highest BCUT2D eigenvalue weighted by molar-refractivity contribution is 6.17. The Bertz CT molecular complexity index is 385. The zero-order chi connectivity index (χ0) is 12.3. The molecule has 0 radical (unpaired) electrons. The average molecular weight is 253 g/mol. The molecule has 0 heterocycles. The largest absolute Gasteiger partial charge is 0.378 e. The standard InChI is InChI=1S/C11H13ClN4O/c12-5-7-17-8-6-14-16-15-11-3-1-10(9-13)2-4-11/h1-4H,5-8H2,(H,14,15). The number of rotatable bonds is 7. The van der Waals surface area contributed by atoms with Crippen molar-refractivity contribution in [3.8, 4) is 6.07 Å². The van der Waals surface area contributed by atoms with Crippen molar-refractivity contribution in [1.29, 1.82) is 5.26 Å². The van der Waals surface area contributed by atoms with Crippen LogP contribution in [0.15, 0.2) is 34.6 Å². The van der Waals surface area contributed by atoms with Gasteiger partial charge in [0.05, 0.1) is 37.1 Å². The highest BCUT2D eigenvalue weighted by Crippen LogP contribution is 2.08. The third-order valence-electron chi connectivity index (χ3n) is 1.82. The highest BCUT2D eigenvalue weighted by Gasteiger charge is 1.91.